The molecule has 0 atom stereocenters. The number of rotatable bonds is 1. The number of halogens is 2. The van der Waals surface area contributed by atoms with Crippen molar-refractivity contribution in [2.75, 3.05) is 0 Å². The van der Waals surface area contributed by atoms with E-state index in [0.29, 0.717) is 5.75 Å². The minimum Gasteiger partial charge on any atom is -0.427 e. The van der Waals surface area contributed by atoms with Crippen LogP contribution >= 0.6 is 31.9 Å². The van der Waals surface area contributed by atoms with Gasteiger partial charge in [0.15, 0.2) is 0 Å². The Bertz CT molecular complexity index is 290. The Labute approximate surface area is 87.2 Å². The van der Waals surface area contributed by atoms with Crippen molar-refractivity contribution < 1.29 is 9.53 Å². The summed E-state index contributed by atoms with van der Waals surface area (Å²) < 4.78 is 6.61. The van der Waals surface area contributed by atoms with Crippen LogP contribution in [0.3, 0.4) is 0 Å². The van der Waals surface area contributed by atoms with Gasteiger partial charge in [0, 0.05) is 15.9 Å². The molecule has 0 N–H and O–H groups in total. The lowest BCUT2D eigenvalue weighted by atomic mass is 10.3. The Morgan fingerprint density at radius 2 is 1.75 bits per heavy atom. The fourth-order valence-electron chi connectivity index (χ4n) is 0.753. The number of carbonyl (C=O) groups excluding carboxylic acids is 1. The molecule has 1 aromatic carbocycles. The lowest BCUT2D eigenvalue weighted by molar-refractivity contribution is -0.131. The predicted octanol–water partition coefficient (Wildman–Crippen LogP) is 3.14. The third kappa shape index (κ3) is 2.95. The van der Waals surface area contributed by atoms with Gasteiger partial charge < -0.3 is 4.74 Å². The van der Waals surface area contributed by atoms with Gasteiger partial charge in [0.05, 0.1) is 0 Å². The summed E-state index contributed by atoms with van der Waals surface area (Å²) in [7, 11) is 0. The second-order valence-corrected chi connectivity index (χ2v) is 4.03. The van der Waals surface area contributed by atoms with E-state index in [0.717, 1.165) is 8.95 Å². The smallest absolute Gasteiger partial charge is 0.308 e. The second kappa shape index (κ2) is 4.05. The van der Waals surface area contributed by atoms with Crippen LogP contribution in [0.5, 0.6) is 5.75 Å². The number of esters is 1. The molecular weight excluding hydrogens is 288 g/mol. The summed E-state index contributed by atoms with van der Waals surface area (Å²) in [5.74, 6) is 0.212. The fraction of sp³-hybridized carbons (Fsp3) is 0.125. The Morgan fingerprint density at radius 1 is 1.25 bits per heavy atom. The van der Waals surface area contributed by atoms with Gasteiger partial charge in [-0.3, -0.25) is 4.79 Å². The summed E-state index contributed by atoms with van der Waals surface area (Å²) >= 11 is 6.56. The van der Waals surface area contributed by atoms with E-state index < -0.39 is 0 Å². The van der Waals surface area contributed by atoms with Gasteiger partial charge in [-0.15, -0.1) is 0 Å². The van der Waals surface area contributed by atoms with Gasteiger partial charge in [0.25, 0.3) is 0 Å². The van der Waals surface area contributed by atoms with E-state index >= 15 is 0 Å². The zero-order valence-electron chi connectivity index (χ0n) is 6.30. The Hall–Kier alpha value is -0.350. The van der Waals surface area contributed by atoms with Crippen molar-refractivity contribution in [1.29, 1.82) is 0 Å². The summed E-state index contributed by atoms with van der Waals surface area (Å²) in [6.07, 6.45) is 0. The highest BCUT2D eigenvalue weighted by Gasteiger charge is 2.00. The molecule has 0 aliphatic heterocycles. The second-order valence-electron chi connectivity index (χ2n) is 2.20. The van der Waals surface area contributed by atoms with Crippen LogP contribution in [-0.4, -0.2) is 5.97 Å². The zero-order valence-corrected chi connectivity index (χ0v) is 9.48. The van der Waals surface area contributed by atoms with Crippen molar-refractivity contribution >= 4 is 37.8 Å². The van der Waals surface area contributed by atoms with Crippen LogP contribution in [0.1, 0.15) is 6.92 Å². The van der Waals surface area contributed by atoms with Crippen molar-refractivity contribution in [3.63, 3.8) is 0 Å². The minimum absolute atomic E-state index is 0.319. The van der Waals surface area contributed by atoms with E-state index in [2.05, 4.69) is 31.9 Å². The molecule has 0 saturated carbocycles. The largest absolute Gasteiger partial charge is 0.427 e. The quantitative estimate of drug-likeness (QED) is 0.587. The van der Waals surface area contributed by atoms with Crippen LogP contribution in [0.25, 0.3) is 0 Å². The molecule has 1 aromatic rings. The van der Waals surface area contributed by atoms with Gasteiger partial charge in [0.2, 0.25) is 0 Å². The highest BCUT2D eigenvalue weighted by molar-refractivity contribution is 9.11. The zero-order chi connectivity index (χ0) is 9.14. The van der Waals surface area contributed by atoms with Gasteiger partial charge in [-0.2, -0.15) is 0 Å². The van der Waals surface area contributed by atoms with Crippen molar-refractivity contribution in [3.05, 3.63) is 27.1 Å². The molecule has 0 saturated heterocycles. The molecule has 0 aliphatic rings. The van der Waals surface area contributed by atoms with Crippen molar-refractivity contribution in [2.45, 2.75) is 6.92 Å². The molecule has 0 heterocycles. The molecule has 0 unspecified atom stereocenters. The Balaban J connectivity index is 2.93. The molecule has 64 valence electrons. The number of benzene rings is 1. The Morgan fingerprint density at radius 3 is 2.17 bits per heavy atom. The van der Waals surface area contributed by atoms with Crippen molar-refractivity contribution in [2.24, 2.45) is 0 Å². The number of hydrogen-bond acceptors (Lipinski definition) is 2. The third-order valence-corrected chi connectivity index (χ3v) is 2.01. The summed E-state index contributed by atoms with van der Waals surface area (Å²) in [6.45, 7) is 1.37. The molecular formula is C8H6Br2O2. The molecule has 0 spiro atoms. The monoisotopic (exact) mass is 292 g/mol. The predicted molar refractivity (Wildman–Crippen MR) is 53.2 cm³/mol. The number of hydrogen-bond donors (Lipinski definition) is 0. The molecule has 12 heavy (non-hydrogen) atoms. The van der Waals surface area contributed by atoms with Crippen LogP contribution in [0.15, 0.2) is 27.1 Å². The fourth-order valence-corrected chi connectivity index (χ4v) is 2.01. The normalized spacial score (nSPS) is 9.58. The van der Waals surface area contributed by atoms with Crippen LogP contribution in [-0.2, 0) is 4.79 Å². The van der Waals surface area contributed by atoms with E-state index in [9.17, 15) is 4.79 Å². The average Bonchev–Trinajstić information content (AvgIpc) is 1.81. The molecule has 2 nitrogen and oxygen atoms in total. The van der Waals surface area contributed by atoms with E-state index in [4.69, 9.17) is 4.74 Å². The van der Waals surface area contributed by atoms with Gasteiger partial charge >= 0.3 is 5.97 Å². The Kier molecular flexibility index (Phi) is 3.29. The molecule has 0 amide bonds. The van der Waals surface area contributed by atoms with Gasteiger partial charge in [-0.05, 0) is 18.2 Å². The lowest BCUT2D eigenvalue weighted by Crippen LogP contribution is -2.00. The molecule has 1 rings (SSSR count). The SMILES string of the molecule is CC(=O)Oc1cc(Br)cc(Br)c1. The summed E-state index contributed by atoms with van der Waals surface area (Å²) in [6, 6.07) is 5.32. The summed E-state index contributed by atoms with van der Waals surface area (Å²) in [5.41, 5.74) is 0. The third-order valence-electron chi connectivity index (χ3n) is 1.10. The molecule has 0 aliphatic carbocycles. The van der Waals surface area contributed by atoms with Crippen molar-refractivity contribution in [1.82, 2.24) is 0 Å². The van der Waals surface area contributed by atoms with Gasteiger partial charge in [-0.1, -0.05) is 31.9 Å². The van der Waals surface area contributed by atoms with Crippen LogP contribution in [0.4, 0.5) is 0 Å². The van der Waals surface area contributed by atoms with E-state index in [1.54, 1.807) is 12.1 Å². The maximum absolute atomic E-state index is 10.6. The lowest BCUT2D eigenvalue weighted by Gasteiger charge is -2.01. The maximum Gasteiger partial charge on any atom is 0.308 e. The molecule has 0 bridgehead atoms. The summed E-state index contributed by atoms with van der Waals surface area (Å²) in [5, 5.41) is 0. The minimum atomic E-state index is -0.319. The standard InChI is InChI=1S/C8H6Br2O2/c1-5(11)12-8-3-6(9)2-7(10)4-8/h2-4H,1H3. The first kappa shape index (κ1) is 9.74. The first-order valence-electron chi connectivity index (χ1n) is 3.22. The highest BCUT2D eigenvalue weighted by Crippen LogP contribution is 2.24. The van der Waals surface area contributed by atoms with Crippen LogP contribution in [0.2, 0.25) is 0 Å². The topological polar surface area (TPSA) is 26.3 Å². The number of ether oxygens (including phenoxy) is 1. The van der Waals surface area contributed by atoms with Crippen LogP contribution < -0.4 is 4.74 Å². The van der Waals surface area contributed by atoms with Gasteiger partial charge in [-0.25, -0.2) is 0 Å². The van der Waals surface area contributed by atoms with E-state index in [1.165, 1.54) is 6.92 Å². The molecule has 4 heteroatoms. The van der Waals surface area contributed by atoms with Gasteiger partial charge in [0.1, 0.15) is 5.75 Å². The summed E-state index contributed by atoms with van der Waals surface area (Å²) in [4.78, 5) is 10.6. The van der Waals surface area contributed by atoms with E-state index in [-0.39, 0.29) is 5.97 Å². The highest BCUT2D eigenvalue weighted by atomic mass is 79.9. The van der Waals surface area contributed by atoms with Crippen molar-refractivity contribution in [3.8, 4) is 5.75 Å². The molecule has 0 radical (unpaired) electrons. The first-order valence-corrected chi connectivity index (χ1v) is 4.81. The van der Waals surface area contributed by atoms with E-state index in [1.807, 2.05) is 6.07 Å². The molecule has 0 fully saturated rings. The first-order chi connectivity index (χ1) is 5.58. The number of carbonyl (C=O) groups is 1. The van der Waals surface area contributed by atoms with Crippen LogP contribution in [0, 0.1) is 0 Å². The maximum atomic E-state index is 10.6. The average molecular weight is 294 g/mol. The molecule has 0 aromatic heterocycles.